The molecule has 0 heterocycles. The second kappa shape index (κ2) is 16.7. The number of hydrogen-bond acceptors (Lipinski definition) is 4. The zero-order valence-electron chi connectivity index (χ0n) is 31.1. The minimum Gasteiger partial charge on any atom is -0.356 e. The van der Waals surface area contributed by atoms with Gasteiger partial charge in [0.05, 0.1) is 0 Å². The molecule has 0 spiro atoms. The summed E-state index contributed by atoms with van der Waals surface area (Å²) in [6, 6.07) is 62.3. The van der Waals surface area contributed by atoms with Gasteiger partial charge < -0.3 is 10.6 Å². The summed E-state index contributed by atoms with van der Waals surface area (Å²) in [5.74, 6) is 0. The van der Waals surface area contributed by atoms with Crippen LogP contribution in [0.3, 0.4) is 0 Å². The number of hydrogen-bond donors (Lipinski definition) is 4. The van der Waals surface area contributed by atoms with Crippen LogP contribution in [-0.2, 0) is 10.8 Å². The summed E-state index contributed by atoms with van der Waals surface area (Å²) < 4.78 is 0. The van der Waals surface area contributed by atoms with Gasteiger partial charge in [-0.25, -0.2) is 0 Å². The zero-order chi connectivity index (χ0) is 37.4. The van der Waals surface area contributed by atoms with Gasteiger partial charge in [0.1, 0.15) is 0 Å². The van der Waals surface area contributed by atoms with Gasteiger partial charge in [-0.1, -0.05) is 162 Å². The van der Waals surface area contributed by atoms with Crippen molar-refractivity contribution in [1.29, 1.82) is 0 Å². The number of fused-ring (bicyclic) bond motifs is 3. The SMILES string of the molecule is CC(C)(C)c1ccc(Nc2ccc(-c3ccccc3)cc2)cc1.CC1(C)c2ccccc2-c2ccc(Nc3ccc(-c4ccccc4)cc3)cc21.SS. The van der Waals surface area contributed by atoms with Crippen molar-refractivity contribution in [2.45, 2.75) is 45.4 Å². The molecular weight excluding hydrogens is 681 g/mol. The summed E-state index contributed by atoms with van der Waals surface area (Å²) in [6.07, 6.45) is 0. The van der Waals surface area contributed by atoms with Crippen molar-refractivity contribution in [1.82, 2.24) is 0 Å². The van der Waals surface area contributed by atoms with E-state index in [1.54, 1.807) is 0 Å². The monoisotopic (exact) mass is 728 g/mol. The molecule has 8 rings (SSSR count). The van der Waals surface area contributed by atoms with Crippen LogP contribution in [0.5, 0.6) is 0 Å². The van der Waals surface area contributed by atoms with Crippen LogP contribution in [0.15, 0.2) is 176 Å². The maximum absolute atomic E-state index is 3.58. The Morgan fingerprint density at radius 1 is 0.396 bits per heavy atom. The first-order valence-electron chi connectivity index (χ1n) is 18.1. The third-order valence-electron chi connectivity index (χ3n) is 9.90. The molecule has 7 aromatic carbocycles. The second-order valence-corrected chi connectivity index (χ2v) is 14.9. The van der Waals surface area contributed by atoms with Gasteiger partial charge in [0.15, 0.2) is 0 Å². The van der Waals surface area contributed by atoms with Gasteiger partial charge in [-0.05, 0) is 104 Å². The Kier molecular flexibility index (Phi) is 11.8. The quantitative estimate of drug-likeness (QED) is 0.101. The van der Waals surface area contributed by atoms with E-state index in [4.69, 9.17) is 0 Å². The molecule has 2 N–H and O–H groups in total. The molecule has 4 heteroatoms. The van der Waals surface area contributed by atoms with Crippen molar-refractivity contribution in [2.75, 3.05) is 10.6 Å². The third kappa shape index (κ3) is 8.90. The topological polar surface area (TPSA) is 24.1 Å². The van der Waals surface area contributed by atoms with Crippen LogP contribution >= 0.6 is 23.3 Å². The van der Waals surface area contributed by atoms with E-state index in [2.05, 4.69) is 232 Å². The number of nitrogens with one attached hydrogen (secondary N) is 2. The molecule has 0 atom stereocenters. The zero-order valence-corrected chi connectivity index (χ0v) is 32.9. The number of rotatable bonds is 6. The minimum atomic E-state index is 0.0286. The molecular formula is C49H48N2S2. The molecule has 0 unspecified atom stereocenters. The maximum atomic E-state index is 3.58. The molecule has 2 nitrogen and oxygen atoms in total. The number of thiol groups is 2. The molecule has 0 fully saturated rings. The molecule has 1 aliphatic rings. The first kappa shape index (κ1) is 37.6. The molecule has 0 saturated carbocycles. The molecule has 0 aliphatic heterocycles. The first-order valence-corrected chi connectivity index (χ1v) is 19.7. The van der Waals surface area contributed by atoms with Crippen molar-refractivity contribution in [3.8, 4) is 33.4 Å². The Bertz CT molecular complexity index is 2220. The molecule has 0 bridgehead atoms. The fourth-order valence-corrected chi connectivity index (χ4v) is 6.92. The predicted octanol–water partition coefficient (Wildman–Crippen LogP) is 14.6. The Hall–Kier alpha value is -5.16. The average molecular weight is 729 g/mol. The van der Waals surface area contributed by atoms with E-state index in [0.717, 1.165) is 22.7 Å². The van der Waals surface area contributed by atoms with Crippen molar-refractivity contribution in [3.63, 3.8) is 0 Å². The number of benzene rings is 7. The molecule has 1 aliphatic carbocycles. The standard InChI is InChI=1S/C27H23N.C22H23N.H2S2/c1-27(2)25-11-7-6-10-23(25)24-17-16-22(18-26(24)27)28-21-14-12-20(13-15-21)19-8-4-3-5-9-19;1-22(2,3)19-11-15-21(16-12-19)23-20-13-9-18(10-14-20)17-7-5-4-6-8-17;1-2/h3-18,28H,1-2H3;4-16,23H,1-3H3;1-2H. The molecule has 266 valence electrons. The molecule has 0 radical (unpaired) electrons. The van der Waals surface area contributed by atoms with E-state index in [-0.39, 0.29) is 10.8 Å². The van der Waals surface area contributed by atoms with Crippen LogP contribution in [0.4, 0.5) is 22.7 Å². The van der Waals surface area contributed by atoms with Gasteiger partial charge in [-0.2, -0.15) is 0 Å². The van der Waals surface area contributed by atoms with Crippen molar-refractivity contribution in [2.24, 2.45) is 0 Å². The van der Waals surface area contributed by atoms with Gasteiger partial charge in [0.25, 0.3) is 0 Å². The van der Waals surface area contributed by atoms with Crippen LogP contribution in [0.2, 0.25) is 0 Å². The van der Waals surface area contributed by atoms with Gasteiger partial charge in [-0.3, -0.25) is 0 Å². The highest BCUT2D eigenvalue weighted by Gasteiger charge is 2.35. The van der Waals surface area contributed by atoms with Crippen molar-refractivity contribution < 1.29 is 0 Å². The molecule has 7 aromatic rings. The van der Waals surface area contributed by atoms with E-state index in [1.165, 1.54) is 50.1 Å². The Morgan fingerprint density at radius 3 is 1.26 bits per heavy atom. The van der Waals surface area contributed by atoms with Gasteiger partial charge in [-0.15, -0.1) is 23.3 Å². The fourth-order valence-electron chi connectivity index (χ4n) is 6.92. The summed E-state index contributed by atoms with van der Waals surface area (Å²) in [7, 11) is 0. The summed E-state index contributed by atoms with van der Waals surface area (Å²) >= 11 is 6.44. The van der Waals surface area contributed by atoms with Gasteiger partial charge in [0, 0.05) is 28.2 Å². The predicted molar refractivity (Wildman–Crippen MR) is 237 cm³/mol. The molecule has 53 heavy (non-hydrogen) atoms. The second-order valence-electron chi connectivity index (χ2n) is 14.9. The lowest BCUT2D eigenvalue weighted by Gasteiger charge is -2.22. The largest absolute Gasteiger partial charge is 0.356 e. The highest BCUT2D eigenvalue weighted by Crippen LogP contribution is 2.49. The Morgan fingerprint density at radius 2 is 0.774 bits per heavy atom. The minimum absolute atomic E-state index is 0.0286. The normalized spacial score (nSPS) is 12.2. The van der Waals surface area contributed by atoms with E-state index in [1.807, 2.05) is 12.1 Å². The van der Waals surface area contributed by atoms with E-state index < -0.39 is 0 Å². The smallest absolute Gasteiger partial charge is 0.0387 e. The summed E-state index contributed by atoms with van der Waals surface area (Å²) in [5, 5.41) is 7.04. The third-order valence-corrected chi connectivity index (χ3v) is 9.90. The number of anilines is 4. The van der Waals surface area contributed by atoms with E-state index in [9.17, 15) is 0 Å². The Balaban J connectivity index is 0.000000177. The van der Waals surface area contributed by atoms with Crippen molar-refractivity contribution in [3.05, 3.63) is 193 Å². The van der Waals surface area contributed by atoms with E-state index >= 15 is 0 Å². The lowest BCUT2D eigenvalue weighted by Crippen LogP contribution is -2.15. The summed E-state index contributed by atoms with van der Waals surface area (Å²) in [6.45, 7) is 11.3. The lowest BCUT2D eigenvalue weighted by molar-refractivity contribution is 0.590. The fraction of sp³-hybridized carbons (Fsp3) is 0.143. The van der Waals surface area contributed by atoms with Crippen LogP contribution in [0.1, 0.15) is 51.3 Å². The highest BCUT2D eigenvalue weighted by molar-refractivity contribution is 8.59. The van der Waals surface area contributed by atoms with Crippen LogP contribution in [0, 0.1) is 0 Å². The van der Waals surface area contributed by atoms with Crippen LogP contribution < -0.4 is 10.6 Å². The summed E-state index contributed by atoms with van der Waals surface area (Å²) in [5.41, 5.74) is 16.5. The Labute approximate surface area is 326 Å². The average Bonchev–Trinajstić information content (AvgIpc) is 3.42. The summed E-state index contributed by atoms with van der Waals surface area (Å²) in [4.78, 5) is 0. The van der Waals surface area contributed by atoms with Crippen LogP contribution in [0.25, 0.3) is 33.4 Å². The van der Waals surface area contributed by atoms with Crippen molar-refractivity contribution >= 4 is 46.1 Å². The first-order chi connectivity index (χ1) is 25.6. The highest BCUT2D eigenvalue weighted by atomic mass is 33.1. The molecule has 0 aromatic heterocycles. The van der Waals surface area contributed by atoms with E-state index in [0.29, 0.717) is 0 Å². The molecule has 0 amide bonds. The van der Waals surface area contributed by atoms with Gasteiger partial charge in [0.2, 0.25) is 0 Å². The van der Waals surface area contributed by atoms with Gasteiger partial charge >= 0.3 is 0 Å². The molecule has 0 saturated heterocycles. The lowest BCUT2D eigenvalue weighted by atomic mass is 9.82. The van der Waals surface area contributed by atoms with Crippen LogP contribution in [-0.4, -0.2) is 0 Å². The maximum Gasteiger partial charge on any atom is 0.0387 e.